The lowest BCUT2D eigenvalue weighted by atomic mass is 9.93. The molecule has 0 fully saturated rings. The molecule has 1 atom stereocenters. The van der Waals surface area contributed by atoms with Crippen LogP contribution in [-0.4, -0.2) is 31.6 Å². The Morgan fingerprint density at radius 2 is 1.78 bits per heavy atom. The molecule has 0 radical (unpaired) electrons. The van der Waals surface area contributed by atoms with Gasteiger partial charge in [0.2, 0.25) is 0 Å². The first-order valence-corrected chi connectivity index (χ1v) is 11.1. The lowest BCUT2D eigenvalue weighted by molar-refractivity contribution is -0.114. The third kappa shape index (κ3) is 3.91. The van der Waals surface area contributed by atoms with Gasteiger partial charge in [-0.3, -0.25) is 14.2 Å². The van der Waals surface area contributed by atoms with Gasteiger partial charge in [0.05, 0.1) is 17.7 Å². The smallest absolute Gasteiger partial charge is 0.271 e. The molecule has 0 saturated heterocycles. The first-order chi connectivity index (χ1) is 15.3. The number of rotatable bonds is 5. The van der Waals surface area contributed by atoms with E-state index < -0.39 is 6.04 Å². The third-order valence-electron chi connectivity index (χ3n) is 5.54. The number of nitrogens with zero attached hydrogens (tertiary/aromatic N) is 3. The molecule has 1 unspecified atom stereocenters. The summed E-state index contributed by atoms with van der Waals surface area (Å²) in [7, 11) is 5.57. The number of fused-ring (bicyclic) bond motifs is 1. The summed E-state index contributed by atoms with van der Waals surface area (Å²) in [4.78, 5) is 33.3. The van der Waals surface area contributed by atoms with Gasteiger partial charge in [0.25, 0.3) is 5.56 Å². The maximum absolute atomic E-state index is 13.5. The second kappa shape index (κ2) is 8.59. The van der Waals surface area contributed by atoms with E-state index in [1.165, 1.54) is 18.3 Å². The summed E-state index contributed by atoms with van der Waals surface area (Å²) in [5.74, 6) is 0.670. The zero-order chi connectivity index (χ0) is 23.0. The Balaban J connectivity index is 1.90. The third-order valence-corrected chi connectivity index (χ3v) is 6.52. The summed E-state index contributed by atoms with van der Waals surface area (Å²) in [6.07, 6.45) is 1.85. The number of carbonyl (C=O) groups excluding carboxylic acids is 1. The molecule has 0 aliphatic carbocycles. The molecule has 1 aliphatic rings. The largest absolute Gasteiger partial charge is 0.497 e. The number of thiazole rings is 1. The van der Waals surface area contributed by atoms with Crippen LogP contribution in [0.5, 0.6) is 5.75 Å². The first-order valence-electron chi connectivity index (χ1n) is 10.2. The Morgan fingerprint density at radius 1 is 1.12 bits per heavy atom. The van der Waals surface area contributed by atoms with Crippen LogP contribution < -0.4 is 24.5 Å². The Bertz CT molecular complexity index is 1380. The number of Topliss-reactive ketones (excluding diaryl/α,β-unsaturated/α-hetero) is 1. The zero-order valence-corrected chi connectivity index (χ0v) is 19.6. The predicted molar refractivity (Wildman–Crippen MR) is 128 cm³/mol. The molecule has 32 heavy (non-hydrogen) atoms. The lowest BCUT2D eigenvalue weighted by Crippen LogP contribution is -2.39. The van der Waals surface area contributed by atoms with Crippen molar-refractivity contribution in [2.45, 2.75) is 19.9 Å². The van der Waals surface area contributed by atoms with Gasteiger partial charge in [0, 0.05) is 31.1 Å². The van der Waals surface area contributed by atoms with Crippen molar-refractivity contribution in [1.29, 1.82) is 0 Å². The predicted octanol–water partition coefficient (Wildman–Crippen LogP) is 2.90. The van der Waals surface area contributed by atoms with E-state index in [2.05, 4.69) is 4.99 Å². The quantitative estimate of drug-likeness (QED) is 0.603. The zero-order valence-electron chi connectivity index (χ0n) is 18.7. The number of hydrogen-bond acceptors (Lipinski definition) is 6. The summed E-state index contributed by atoms with van der Waals surface area (Å²) in [6.45, 7) is 3.36. The molecule has 164 valence electrons. The van der Waals surface area contributed by atoms with Crippen LogP contribution in [-0.2, 0) is 4.79 Å². The summed E-state index contributed by atoms with van der Waals surface area (Å²) in [6, 6.07) is 15.0. The maximum atomic E-state index is 13.5. The number of anilines is 1. The Morgan fingerprint density at radius 3 is 2.34 bits per heavy atom. The Labute approximate surface area is 190 Å². The standard InChI is InChI=1S/C25H25N3O3S/c1-15-22(16(2)29)23(18-8-10-19(11-9-18)27(3)4)28-24(30)21(32-25(28)26-15)14-17-6-12-20(31-5)13-7-17/h6-14,23H,1-5H3. The van der Waals surface area contributed by atoms with Crippen LogP contribution in [0.15, 0.2) is 69.6 Å². The number of ether oxygens (including phenoxy) is 1. The number of allylic oxidation sites excluding steroid dienone is 2. The fourth-order valence-corrected chi connectivity index (χ4v) is 4.94. The molecule has 4 rings (SSSR count). The van der Waals surface area contributed by atoms with E-state index in [1.807, 2.05) is 80.5 Å². The van der Waals surface area contributed by atoms with Gasteiger partial charge in [-0.1, -0.05) is 35.6 Å². The number of benzene rings is 2. The number of aromatic nitrogens is 1. The van der Waals surface area contributed by atoms with Gasteiger partial charge < -0.3 is 9.64 Å². The van der Waals surface area contributed by atoms with Crippen LogP contribution in [0, 0.1) is 0 Å². The van der Waals surface area contributed by atoms with Crippen LogP contribution in [0.3, 0.4) is 0 Å². The molecule has 6 nitrogen and oxygen atoms in total. The van der Waals surface area contributed by atoms with Crippen LogP contribution in [0.25, 0.3) is 6.08 Å². The van der Waals surface area contributed by atoms with Crippen molar-refractivity contribution in [2.75, 3.05) is 26.1 Å². The minimum absolute atomic E-state index is 0.0858. The van der Waals surface area contributed by atoms with Crippen molar-refractivity contribution in [3.05, 3.63) is 90.6 Å². The highest BCUT2D eigenvalue weighted by Crippen LogP contribution is 2.31. The van der Waals surface area contributed by atoms with Gasteiger partial charge >= 0.3 is 0 Å². The van der Waals surface area contributed by atoms with E-state index in [0.717, 1.165) is 22.6 Å². The Kier molecular flexibility index (Phi) is 5.84. The fraction of sp³-hybridized carbons (Fsp3) is 0.240. The molecule has 0 amide bonds. The second-order valence-electron chi connectivity index (χ2n) is 7.90. The molecule has 0 spiro atoms. The van der Waals surface area contributed by atoms with E-state index in [-0.39, 0.29) is 11.3 Å². The topological polar surface area (TPSA) is 63.9 Å². The van der Waals surface area contributed by atoms with Crippen LogP contribution >= 0.6 is 11.3 Å². The van der Waals surface area contributed by atoms with Crippen molar-refractivity contribution >= 4 is 28.9 Å². The van der Waals surface area contributed by atoms with Crippen LogP contribution in [0.2, 0.25) is 0 Å². The summed E-state index contributed by atoms with van der Waals surface area (Å²) in [5.41, 5.74) is 3.86. The van der Waals surface area contributed by atoms with Crippen LogP contribution in [0.1, 0.15) is 31.0 Å². The number of hydrogen-bond donors (Lipinski definition) is 0. The average molecular weight is 448 g/mol. The maximum Gasteiger partial charge on any atom is 0.271 e. The van der Waals surface area contributed by atoms with E-state index in [9.17, 15) is 9.59 Å². The highest BCUT2D eigenvalue weighted by atomic mass is 32.1. The molecular formula is C25H25N3O3S. The molecule has 7 heteroatoms. The van der Waals surface area contributed by atoms with E-state index >= 15 is 0 Å². The van der Waals surface area contributed by atoms with Crippen molar-refractivity contribution in [3.8, 4) is 5.75 Å². The van der Waals surface area contributed by atoms with E-state index in [4.69, 9.17) is 4.74 Å². The highest BCUT2D eigenvalue weighted by Gasteiger charge is 2.30. The average Bonchev–Trinajstić information content (AvgIpc) is 3.07. The first kappa shape index (κ1) is 21.8. The van der Waals surface area contributed by atoms with Gasteiger partial charge in [0.15, 0.2) is 10.6 Å². The minimum Gasteiger partial charge on any atom is -0.497 e. The molecule has 0 N–H and O–H groups in total. The Hall–Kier alpha value is -3.45. The van der Waals surface area contributed by atoms with Gasteiger partial charge in [-0.25, -0.2) is 4.99 Å². The normalized spacial score (nSPS) is 15.9. The summed E-state index contributed by atoms with van der Waals surface area (Å²) in [5, 5.41) is 0. The van der Waals surface area contributed by atoms with Gasteiger partial charge in [-0.15, -0.1) is 0 Å². The highest BCUT2D eigenvalue weighted by molar-refractivity contribution is 7.07. The molecule has 3 aromatic rings. The molecule has 0 bridgehead atoms. The van der Waals surface area contributed by atoms with Crippen molar-refractivity contribution in [1.82, 2.24) is 4.57 Å². The second-order valence-corrected chi connectivity index (χ2v) is 8.91. The minimum atomic E-state index is -0.502. The monoisotopic (exact) mass is 447 g/mol. The van der Waals surface area contributed by atoms with Gasteiger partial charge in [0.1, 0.15) is 5.75 Å². The SMILES string of the molecule is COc1ccc(C=c2sc3n(c2=O)C(c2ccc(N(C)C)cc2)C(C(C)=O)=C(C)N=3)cc1. The van der Waals surface area contributed by atoms with E-state index in [1.54, 1.807) is 11.7 Å². The number of methoxy groups -OCH3 is 1. The molecular weight excluding hydrogens is 422 g/mol. The van der Waals surface area contributed by atoms with E-state index in [0.29, 0.717) is 20.6 Å². The van der Waals surface area contributed by atoms with Crippen molar-refractivity contribution in [2.24, 2.45) is 4.99 Å². The molecule has 1 aromatic heterocycles. The summed E-state index contributed by atoms with van der Waals surface area (Å²) >= 11 is 1.33. The van der Waals surface area contributed by atoms with Gasteiger partial charge in [-0.2, -0.15) is 0 Å². The van der Waals surface area contributed by atoms with Crippen LogP contribution in [0.4, 0.5) is 5.69 Å². The summed E-state index contributed by atoms with van der Waals surface area (Å²) < 4.78 is 7.43. The van der Waals surface area contributed by atoms with Gasteiger partial charge in [-0.05, 0) is 55.3 Å². The molecule has 1 aliphatic heterocycles. The molecule has 2 aromatic carbocycles. The number of carbonyl (C=O) groups is 1. The molecule has 2 heterocycles. The fourth-order valence-electron chi connectivity index (χ4n) is 3.89. The van der Waals surface area contributed by atoms with Crippen molar-refractivity contribution in [3.63, 3.8) is 0 Å². The molecule has 0 saturated carbocycles. The lowest BCUT2D eigenvalue weighted by Gasteiger charge is -2.25. The van der Waals surface area contributed by atoms with Crippen molar-refractivity contribution < 1.29 is 9.53 Å². The number of ketones is 1.